The molecule has 1 aliphatic rings. The molecule has 1 amide bonds. The van der Waals surface area contributed by atoms with Crippen LogP contribution in [0.1, 0.15) is 34.7 Å². The Morgan fingerprint density at radius 3 is 2.79 bits per heavy atom. The van der Waals surface area contributed by atoms with E-state index in [-0.39, 0.29) is 12.0 Å². The predicted molar refractivity (Wildman–Crippen MR) is 109 cm³/mol. The van der Waals surface area contributed by atoms with Crippen molar-refractivity contribution in [1.82, 2.24) is 25.2 Å². The summed E-state index contributed by atoms with van der Waals surface area (Å²) in [6, 6.07) is 13.0. The molecule has 1 fully saturated rings. The van der Waals surface area contributed by atoms with Crippen molar-refractivity contribution in [3.05, 3.63) is 78.1 Å². The topological polar surface area (TPSA) is 83.1 Å². The number of rotatable bonds is 7. The Bertz CT molecular complexity index is 906. The number of likely N-dealkylation sites (tertiary alicyclic amines) is 1. The molecule has 2 N–H and O–H groups in total. The van der Waals surface area contributed by atoms with Gasteiger partial charge in [-0.15, -0.1) is 0 Å². The second-order valence-corrected chi connectivity index (χ2v) is 7.16. The number of nitrogens with one attached hydrogen (secondary N) is 2. The smallest absolute Gasteiger partial charge is 0.251 e. The van der Waals surface area contributed by atoms with E-state index in [1.165, 1.54) is 0 Å². The third-order valence-electron chi connectivity index (χ3n) is 5.02. The SMILES string of the molecule is O=C(NCc1ccccn1)c1cccc(OC2CCN(Cc3ncc[nH]3)CC2)c1. The second-order valence-electron chi connectivity index (χ2n) is 7.16. The van der Waals surface area contributed by atoms with Crippen LogP contribution in [-0.2, 0) is 13.1 Å². The monoisotopic (exact) mass is 391 g/mol. The summed E-state index contributed by atoms with van der Waals surface area (Å²) < 4.78 is 6.15. The minimum Gasteiger partial charge on any atom is -0.490 e. The zero-order valence-corrected chi connectivity index (χ0v) is 16.3. The highest BCUT2D eigenvalue weighted by Gasteiger charge is 2.21. The lowest BCUT2D eigenvalue weighted by atomic mass is 10.1. The standard InChI is InChI=1S/C22H25N5O2/c28-22(26-15-18-5-1-2-9-23-18)17-4-3-6-20(14-17)29-19-7-12-27(13-8-19)16-21-24-10-11-25-21/h1-6,9-11,14,19H,7-8,12-13,15-16H2,(H,24,25)(H,26,28). The lowest BCUT2D eigenvalue weighted by molar-refractivity contribution is 0.0930. The number of carbonyl (C=O) groups excluding carboxylic acids is 1. The number of piperidine rings is 1. The van der Waals surface area contributed by atoms with Gasteiger partial charge in [0.05, 0.1) is 18.8 Å². The minimum absolute atomic E-state index is 0.130. The molecule has 0 unspecified atom stereocenters. The fourth-order valence-electron chi connectivity index (χ4n) is 3.46. The van der Waals surface area contributed by atoms with Gasteiger partial charge in [-0.05, 0) is 43.2 Å². The number of ether oxygens (including phenoxy) is 1. The van der Waals surface area contributed by atoms with Crippen LogP contribution in [0.3, 0.4) is 0 Å². The molecule has 7 heteroatoms. The largest absolute Gasteiger partial charge is 0.490 e. The molecule has 0 saturated carbocycles. The second kappa shape index (κ2) is 9.34. The predicted octanol–water partition coefficient (Wildman–Crippen LogP) is 2.78. The first kappa shape index (κ1) is 19.1. The van der Waals surface area contributed by atoms with E-state index in [1.807, 2.05) is 42.6 Å². The highest BCUT2D eigenvalue weighted by atomic mass is 16.5. The molecular formula is C22H25N5O2. The van der Waals surface area contributed by atoms with Crippen molar-refractivity contribution in [3.8, 4) is 5.75 Å². The van der Waals surface area contributed by atoms with Gasteiger partial charge in [-0.3, -0.25) is 14.7 Å². The molecule has 3 aromatic rings. The maximum atomic E-state index is 12.4. The van der Waals surface area contributed by atoms with Crippen molar-refractivity contribution in [2.75, 3.05) is 13.1 Å². The number of H-pyrrole nitrogens is 1. The summed E-state index contributed by atoms with van der Waals surface area (Å²) in [7, 11) is 0. The fourth-order valence-corrected chi connectivity index (χ4v) is 3.46. The van der Waals surface area contributed by atoms with E-state index in [0.29, 0.717) is 12.1 Å². The van der Waals surface area contributed by atoms with Crippen molar-refractivity contribution >= 4 is 5.91 Å². The van der Waals surface area contributed by atoms with Crippen LogP contribution in [0.2, 0.25) is 0 Å². The number of amides is 1. The van der Waals surface area contributed by atoms with Gasteiger partial charge in [-0.2, -0.15) is 0 Å². The molecule has 1 saturated heterocycles. The van der Waals surface area contributed by atoms with Crippen molar-refractivity contribution in [2.24, 2.45) is 0 Å². The van der Waals surface area contributed by atoms with Gasteiger partial charge in [0.25, 0.3) is 5.91 Å². The summed E-state index contributed by atoms with van der Waals surface area (Å²) in [5, 5.41) is 2.90. The van der Waals surface area contributed by atoms with Crippen LogP contribution in [0, 0.1) is 0 Å². The summed E-state index contributed by atoms with van der Waals surface area (Å²) in [4.78, 5) is 26.5. The van der Waals surface area contributed by atoms with Crippen molar-refractivity contribution < 1.29 is 9.53 Å². The van der Waals surface area contributed by atoms with Crippen LogP contribution >= 0.6 is 0 Å². The Labute approximate surface area is 170 Å². The van der Waals surface area contributed by atoms with Crippen LogP contribution in [0.15, 0.2) is 61.1 Å². The summed E-state index contributed by atoms with van der Waals surface area (Å²) in [5.41, 5.74) is 1.42. The molecule has 0 bridgehead atoms. The molecule has 29 heavy (non-hydrogen) atoms. The van der Waals surface area contributed by atoms with Gasteiger partial charge < -0.3 is 15.0 Å². The van der Waals surface area contributed by atoms with Gasteiger partial charge >= 0.3 is 0 Å². The molecular weight excluding hydrogens is 366 g/mol. The highest BCUT2D eigenvalue weighted by molar-refractivity contribution is 5.94. The fraction of sp³-hybridized carbons (Fsp3) is 0.318. The third kappa shape index (κ3) is 5.42. The van der Waals surface area contributed by atoms with Gasteiger partial charge in [-0.25, -0.2) is 4.98 Å². The molecule has 0 radical (unpaired) electrons. The Kier molecular flexibility index (Phi) is 6.16. The first-order valence-corrected chi connectivity index (χ1v) is 9.92. The quantitative estimate of drug-likeness (QED) is 0.647. The molecule has 0 aliphatic carbocycles. The molecule has 1 aliphatic heterocycles. The number of aromatic nitrogens is 3. The van der Waals surface area contributed by atoms with Crippen molar-refractivity contribution in [1.29, 1.82) is 0 Å². The van der Waals surface area contributed by atoms with Crippen LogP contribution in [0.25, 0.3) is 0 Å². The number of aromatic amines is 1. The maximum Gasteiger partial charge on any atom is 0.251 e. The first-order valence-electron chi connectivity index (χ1n) is 9.92. The lowest BCUT2D eigenvalue weighted by Crippen LogP contribution is -2.38. The van der Waals surface area contributed by atoms with Crippen LogP contribution in [0.5, 0.6) is 5.75 Å². The summed E-state index contributed by atoms with van der Waals surface area (Å²) >= 11 is 0. The van der Waals surface area contributed by atoms with Crippen molar-refractivity contribution in [3.63, 3.8) is 0 Å². The molecule has 7 nitrogen and oxygen atoms in total. The van der Waals surface area contributed by atoms with E-state index in [1.54, 1.807) is 18.5 Å². The average molecular weight is 391 g/mol. The zero-order chi connectivity index (χ0) is 19.9. The number of carbonyl (C=O) groups is 1. The molecule has 4 rings (SSSR count). The molecule has 3 heterocycles. The minimum atomic E-state index is -0.130. The van der Waals surface area contributed by atoms with E-state index < -0.39 is 0 Å². The van der Waals surface area contributed by atoms with E-state index in [2.05, 4.69) is 25.2 Å². The Hall–Kier alpha value is -3.19. The normalized spacial score (nSPS) is 15.2. The van der Waals surface area contributed by atoms with Gasteiger partial charge in [-0.1, -0.05) is 12.1 Å². The zero-order valence-electron chi connectivity index (χ0n) is 16.3. The van der Waals surface area contributed by atoms with E-state index in [4.69, 9.17) is 4.74 Å². The Morgan fingerprint density at radius 1 is 1.14 bits per heavy atom. The number of hydrogen-bond donors (Lipinski definition) is 2. The Morgan fingerprint density at radius 2 is 2.03 bits per heavy atom. The van der Waals surface area contributed by atoms with Gasteiger partial charge in [0, 0.05) is 37.2 Å². The summed E-state index contributed by atoms with van der Waals surface area (Å²) in [6.07, 6.45) is 7.42. The maximum absolute atomic E-state index is 12.4. The Balaban J connectivity index is 1.27. The van der Waals surface area contributed by atoms with Crippen molar-refractivity contribution in [2.45, 2.75) is 32.0 Å². The summed E-state index contributed by atoms with van der Waals surface area (Å²) in [6.45, 7) is 3.18. The highest BCUT2D eigenvalue weighted by Crippen LogP contribution is 2.21. The number of pyridine rings is 1. The van der Waals surface area contributed by atoms with Crippen LogP contribution < -0.4 is 10.1 Å². The van der Waals surface area contributed by atoms with Crippen LogP contribution in [0.4, 0.5) is 0 Å². The van der Waals surface area contributed by atoms with Gasteiger partial charge in [0.15, 0.2) is 0 Å². The molecule has 1 aromatic carbocycles. The van der Waals surface area contributed by atoms with E-state index in [9.17, 15) is 4.79 Å². The summed E-state index contributed by atoms with van der Waals surface area (Å²) in [5.74, 6) is 1.60. The van der Waals surface area contributed by atoms with Gasteiger partial charge in [0.2, 0.25) is 0 Å². The van der Waals surface area contributed by atoms with Gasteiger partial charge in [0.1, 0.15) is 17.7 Å². The number of hydrogen-bond acceptors (Lipinski definition) is 5. The third-order valence-corrected chi connectivity index (χ3v) is 5.02. The first-order chi connectivity index (χ1) is 14.3. The molecule has 2 aromatic heterocycles. The average Bonchev–Trinajstić information content (AvgIpc) is 3.27. The number of nitrogens with zero attached hydrogens (tertiary/aromatic N) is 3. The van der Waals surface area contributed by atoms with E-state index in [0.717, 1.165) is 49.7 Å². The number of benzene rings is 1. The number of imidazole rings is 1. The molecule has 150 valence electrons. The molecule has 0 spiro atoms. The van der Waals surface area contributed by atoms with E-state index >= 15 is 0 Å². The molecule has 0 atom stereocenters. The lowest BCUT2D eigenvalue weighted by Gasteiger charge is -2.31. The van der Waals surface area contributed by atoms with Crippen LogP contribution in [-0.4, -0.2) is 45.0 Å².